The monoisotopic (exact) mass is 1050 g/mol. The molecule has 0 heterocycles. The molecule has 0 saturated carbocycles. The van der Waals surface area contributed by atoms with Gasteiger partial charge in [-0.25, -0.2) is 0 Å². The van der Waals surface area contributed by atoms with Crippen molar-refractivity contribution in [3.05, 3.63) is 36.5 Å². The van der Waals surface area contributed by atoms with Crippen LogP contribution in [0.2, 0.25) is 0 Å². The molecule has 0 radical (unpaired) electrons. The number of carbonyl (C=O) groups excluding carboxylic acids is 1. The van der Waals surface area contributed by atoms with Gasteiger partial charge in [0.2, 0.25) is 5.91 Å². The zero-order valence-electron chi connectivity index (χ0n) is 49.4. The number of aliphatic hydroxyl groups is 1. The number of aliphatic hydroxyl groups excluding tert-OH is 1. The van der Waals surface area contributed by atoms with E-state index in [1.807, 2.05) is 21.1 Å². The first-order valence-corrected chi connectivity index (χ1v) is 33.3. The molecule has 0 spiro atoms. The van der Waals surface area contributed by atoms with Crippen LogP contribution in [-0.4, -0.2) is 68.5 Å². The molecule has 0 saturated heterocycles. The quantitative estimate of drug-likeness (QED) is 0.0272. The molecule has 0 bridgehead atoms. The Morgan fingerprint density at radius 2 is 0.795 bits per heavy atom. The number of nitrogens with one attached hydrogen (secondary N) is 1. The average molecular weight is 1050 g/mol. The number of phosphoric ester groups is 1. The Morgan fingerprint density at radius 1 is 0.479 bits per heavy atom. The molecule has 0 aromatic carbocycles. The second kappa shape index (κ2) is 55.5. The van der Waals surface area contributed by atoms with Crippen molar-refractivity contribution >= 4 is 13.7 Å². The number of allylic oxidation sites excluding steroid dienone is 6. The molecule has 1 amide bonds. The van der Waals surface area contributed by atoms with E-state index in [2.05, 4.69) is 55.6 Å². The van der Waals surface area contributed by atoms with Crippen molar-refractivity contribution in [2.24, 2.45) is 0 Å². The zero-order chi connectivity index (χ0) is 53.5. The Kier molecular flexibility index (Phi) is 54.5. The molecule has 73 heavy (non-hydrogen) atoms. The first-order chi connectivity index (χ1) is 35.5. The van der Waals surface area contributed by atoms with Crippen LogP contribution in [0.25, 0.3) is 0 Å². The van der Waals surface area contributed by atoms with Crippen LogP contribution >= 0.6 is 7.82 Å². The number of likely N-dealkylation sites (N-methyl/N-ethyl adjacent to an activating group) is 1. The van der Waals surface area contributed by atoms with Gasteiger partial charge < -0.3 is 28.8 Å². The molecule has 3 unspecified atom stereocenters. The second-order valence-electron chi connectivity index (χ2n) is 23.1. The van der Waals surface area contributed by atoms with Gasteiger partial charge in [0.05, 0.1) is 39.9 Å². The number of amides is 1. The molecule has 9 heteroatoms. The summed E-state index contributed by atoms with van der Waals surface area (Å²) < 4.78 is 23.4. The van der Waals surface area contributed by atoms with Crippen LogP contribution in [0.1, 0.15) is 316 Å². The smallest absolute Gasteiger partial charge is 0.268 e. The molecule has 0 aromatic rings. The Hall–Kier alpha value is -1.28. The summed E-state index contributed by atoms with van der Waals surface area (Å²) in [5.74, 6) is -0.160. The number of phosphoric acid groups is 1. The minimum absolute atomic E-state index is 0.0143. The van der Waals surface area contributed by atoms with Crippen molar-refractivity contribution < 1.29 is 32.9 Å². The molecule has 0 aliphatic heterocycles. The SMILES string of the molecule is CCCCCCC/C=C\C/C=C\C/C=C\CCCCCCCCCCCCCCCCCCCCCCCCCCC(=O)NC(COP(=O)([O-])OCC[N+](C)(C)C)C(O)CCCCCCCCCCCCCC. The van der Waals surface area contributed by atoms with Crippen LogP contribution in [0.5, 0.6) is 0 Å². The van der Waals surface area contributed by atoms with Gasteiger partial charge in [-0.15, -0.1) is 0 Å². The van der Waals surface area contributed by atoms with E-state index in [1.54, 1.807) is 0 Å². The summed E-state index contributed by atoms with van der Waals surface area (Å²) in [4.78, 5) is 25.5. The van der Waals surface area contributed by atoms with E-state index in [9.17, 15) is 19.4 Å². The van der Waals surface area contributed by atoms with E-state index >= 15 is 0 Å². The molecule has 432 valence electrons. The lowest BCUT2D eigenvalue weighted by molar-refractivity contribution is -0.870. The summed E-state index contributed by atoms with van der Waals surface area (Å²) in [6.07, 6.45) is 72.2. The Balaban J connectivity index is 3.84. The van der Waals surface area contributed by atoms with Crippen molar-refractivity contribution in [2.45, 2.75) is 328 Å². The third kappa shape index (κ3) is 58.2. The van der Waals surface area contributed by atoms with Gasteiger partial charge in [0.1, 0.15) is 13.2 Å². The highest BCUT2D eigenvalue weighted by molar-refractivity contribution is 7.45. The third-order valence-electron chi connectivity index (χ3n) is 14.6. The number of rotatable bonds is 59. The van der Waals surface area contributed by atoms with Gasteiger partial charge in [-0.05, 0) is 51.4 Å². The topological polar surface area (TPSA) is 108 Å². The molecular weight excluding hydrogens is 924 g/mol. The van der Waals surface area contributed by atoms with Crippen molar-refractivity contribution in [3.8, 4) is 0 Å². The van der Waals surface area contributed by atoms with Crippen LogP contribution in [0, 0.1) is 0 Å². The average Bonchev–Trinajstić information content (AvgIpc) is 3.35. The molecule has 0 aromatic heterocycles. The van der Waals surface area contributed by atoms with Crippen molar-refractivity contribution in [1.29, 1.82) is 0 Å². The van der Waals surface area contributed by atoms with Gasteiger partial charge in [-0.2, -0.15) is 0 Å². The Morgan fingerprint density at radius 3 is 1.15 bits per heavy atom. The number of hydrogen-bond donors (Lipinski definition) is 2. The molecule has 0 aliphatic carbocycles. The number of nitrogens with zero attached hydrogens (tertiary/aromatic N) is 1. The highest BCUT2D eigenvalue weighted by atomic mass is 31.2. The summed E-state index contributed by atoms with van der Waals surface area (Å²) in [6.45, 7) is 4.73. The number of carbonyl (C=O) groups is 1. The molecular formula is C64H125N2O6P. The lowest BCUT2D eigenvalue weighted by Crippen LogP contribution is -2.46. The first-order valence-electron chi connectivity index (χ1n) is 31.8. The predicted octanol–water partition coefficient (Wildman–Crippen LogP) is 19.1. The largest absolute Gasteiger partial charge is 0.756 e. The highest BCUT2D eigenvalue weighted by Gasteiger charge is 2.24. The van der Waals surface area contributed by atoms with Crippen LogP contribution in [0.15, 0.2) is 36.5 Å². The third-order valence-corrected chi connectivity index (χ3v) is 15.6. The Labute approximate surface area is 455 Å². The molecule has 0 rings (SSSR count). The van der Waals surface area contributed by atoms with E-state index in [-0.39, 0.29) is 19.1 Å². The maximum atomic E-state index is 13.0. The van der Waals surface area contributed by atoms with Crippen molar-refractivity contribution in [1.82, 2.24) is 5.32 Å². The van der Waals surface area contributed by atoms with Crippen molar-refractivity contribution in [2.75, 3.05) is 40.9 Å². The minimum Gasteiger partial charge on any atom is -0.756 e. The van der Waals surface area contributed by atoms with Crippen LogP contribution in [0.4, 0.5) is 0 Å². The van der Waals surface area contributed by atoms with E-state index in [4.69, 9.17) is 9.05 Å². The highest BCUT2D eigenvalue weighted by Crippen LogP contribution is 2.38. The second-order valence-corrected chi connectivity index (χ2v) is 24.5. The van der Waals surface area contributed by atoms with Crippen LogP contribution < -0.4 is 10.2 Å². The van der Waals surface area contributed by atoms with Crippen LogP contribution in [-0.2, 0) is 18.4 Å². The van der Waals surface area contributed by atoms with Gasteiger partial charge in [-0.1, -0.05) is 294 Å². The van der Waals surface area contributed by atoms with Gasteiger partial charge >= 0.3 is 0 Å². The number of quaternary nitrogens is 1. The molecule has 2 N–H and O–H groups in total. The lowest BCUT2D eigenvalue weighted by Gasteiger charge is -2.30. The van der Waals surface area contributed by atoms with E-state index in [1.165, 1.54) is 238 Å². The number of unbranched alkanes of at least 4 members (excludes halogenated alkanes) is 40. The van der Waals surface area contributed by atoms with Crippen LogP contribution in [0.3, 0.4) is 0 Å². The first kappa shape index (κ1) is 71.7. The van der Waals surface area contributed by atoms with Crippen molar-refractivity contribution in [3.63, 3.8) is 0 Å². The van der Waals surface area contributed by atoms with Gasteiger partial charge in [0.15, 0.2) is 0 Å². The van der Waals surface area contributed by atoms with Gasteiger partial charge in [-0.3, -0.25) is 9.36 Å². The fourth-order valence-corrected chi connectivity index (χ4v) is 10.4. The molecule has 0 aliphatic rings. The standard InChI is InChI=1S/C64H125N2O6P/c1-6-8-10-12-14-16-18-20-21-22-23-24-25-26-27-28-29-30-31-32-33-34-35-36-37-38-39-40-41-42-43-44-45-46-48-50-52-54-56-58-64(68)65-62(61-72-73(69,70)71-60-59-66(3,4)5)63(67)57-55-53-51-49-47-19-17-15-13-11-9-7-2/h18,20,22-23,25-26,62-63,67H,6-17,19,21,24,27-61H2,1-5H3,(H-,65,68,69,70)/b20-18-,23-22-,26-25-. The normalized spacial score (nSPS) is 14.0. The predicted molar refractivity (Wildman–Crippen MR) is 316 cm³/mol. The maximum Gasteiger partial charge on any atom is 0.268 e. The Bertz CT molecular complexity index is 1280. The molecule has 3 atom stereocenters. The minimum atomic E-state index is -4.57. The van der Waals surface area contributed by atoms with E-state index in [0.717, 1.165) is 51.4 Å². The van der Waals surface area contributed by atoms with Gasteiger partial charge in [0, 0.05) is 6.42 Å². The summed E-state index contributed by atoms with van der Waals surface area (Å²) in [5, 5.41) is 14.0. The summed E-state index contributed by atoms with van der Waals surface area (Å²) in [7, 11) is 1.32. The number of hydrogen-bond acceptors (Lipinski definition) is 6. The zero-order valence-corrected chi connectivity index (χ0v) is 50.3. The molecule has 0 fully saturated rings. The van der Waals surface area contributed by atoms with Gasteiger partial charge in [0.25, 0.3) is 7.82 Å². The summed E-state index contributed by atoms with van der Waals surface area (Å²) in [6, 6.07) is -0.797. The fraction of sp³-hybridized carbons (Fsp3) is 0.891. The van der Waals surface area contributed by atoms with E-state index < -0.39 is 20.0 Å². The summed E-state index contributed by atoms with van der Waals surface area (Å²) in [5.41, 5.74) is 0. The lowest BCUT2D eigenvalue weighted by atomic mass is 10.0. The fourth-order valence-electron chi connectivity index (χ4n) is 9.64. The molecule has 8 nitrogen and oxygen atoms in total. The summed E-state index contributed by atoms with van der Waals surface area (Å²) >= 11 is 0. The maximum absolute atomic E-state index is 13.0. The van der Waals surface area contributed by atoms with E-state index in [0.29, 0.717) is 23.9 Å².